The average molecular weight is 597 g/mol. The summed E-state index contributed by atoms with van der Waals surface area (Å²) in [5.41, 5.74) is 7.02. The number of aromatic nitrogens is 2. The van der Waals surface area contributed by atoms with Crippen LogP contribution in [0.25, 0.3) is 28.0 Å². The molecule has 3 aromatic carbocycles. The van der Waals surface area contributed by atoms with Gasteiger partial charge in [-0.3, -0.25) is 14.5 Å². The summed E-state index contributed by atoms with van der Waals surface area (Å²) in [7, 11) is 0. The quantitative estimate of drug-likeness (QED) is 0.195. The number of rotatable bonds is 6. The Morgan fingerprint density at radius 1 is 0.750 bits per heavy atom. The minimum atomic E-state index is -4.44. The molecule has 1 aliphatic heterocycles. The van der Waals surface area contributed by atoms with Crippen LogP contribution < -0.4 is 0 Å². The fraction of sp³-hybridized carbons (Fsp3) is 0.229. The minimum absolute atomic E-state index is 0.0211. The van der Waals surface area contributed by atoms with E-state index in [2.05, 4.69) is 39.8 Å². The highest BCUT2D eigenvalue weighted by atomic mass is 19.4. The number of benzene rings is 3. The predicted octanol–water partition coefficient (Wildman–Crippen LogP) is 7.16. The van der Waals surface area contributed by atoms with E-state index in [1.165, 1.54) is 12.1 Å². The Hall–Kier alpha value is -4.76. The number of Topliss-reactive ketones (excluding diaryl/α,β-unsaturated/α-hetero) is 1. The Morgan fingerprint density at radius 3 is 1.95 bits per heavy atom. The lowest BCUT2D eigenvalue weighted by molar-refractivity contribution is -0.137. The van der Waals surface area contributed by atoms with Crippen molar-refractivity contribution in [1.82, 2.24) is 19.2 Å². The van der Waals surface area contributed by atoms with Gasteiger partial charge in [0.25, 0.3) is 5.91 Å². The molecule has 6 nitrogen and oxygen atoms in total. The molecule has 0 saturated carbocycles. The molecule has 3 heterocycles. The highest BCUT2D eigenvalue weighted by molar-refractivity contribution is 5.95. The molecule has 1 saturated heterocycles. The smallest absolute Gasteiger partial charge is 0.336 e. The second-order valence-corrected chi connectivity index (χ2v) is 11.2. The molecular weight excluding hydrogens is 565 g/mol. The van der Waals surface area contributed by atoms with Gasteiger partial charge in [-0.15, -0.1) is 0 Å². The van der Waals surface area contributed by atoms with Gasteiger partial charge >= 0.3 is 6.18 Å². The minimum Gasteiger partial charge on any atom is -0.336 e. The van der Waals surface area contributed by atoms with Gasteiger partial charge in [0, 0.05) is 55.6 Å². The number of hydrogen-bond donors (Lipinski definition) is 0. The number of halogens is 3. The maximum Gasteiger partial charge on any atom is 0.416 e. The molecule has 5 aromatic rings. The first-order valence-electron chi connectivity index (χ1n) is 14.4. The van der Waals surface area contributed by atoms with Crippen LogP contribution in [0.1, 0.15) is 44.5 Å². The molecule has 0 bridgehead atoms. The number of pyridine rings is 1. The number of nitrogens with zero attached hydrogens (tertiary/aromatic N) is 4. The van der Waals surface area contributed by atoms with Gasteiger partial charge < -0.3 is 9.30 Å². The molecule has 1 aliphatic rings. The Labute approximate surface area is 253 Å². The largest absolute Gasteiger partial charge is 0.416 e. The average Bonchev–Trinajstić information content (AvgIpc) is 3.38. The third-order valence-corrected chi connectivity index (χ3v) is 8.16. The number of carbonyl (C=O) groups excluding carboxylic acids is 2. The Bertz CT molecular complexity index is 1820. The molecule has 1 fully saturated rings. The molecule has 0 spiro atoms. The lowest BCUT2D eigenvalue weighted by Crippen LogP contribution is -2.48. The van der Waals surface area contributed by atoms with Gasteiger partial charge in [-0.25, -0.2) is 4.98 Å². The number of ketones is 1. The zero-order valence-electron chi connectivity index (χ0n) is 24.4. The van der Waals surface area contributed by atoms with E-state index in [-0.39, 0.29) is 17.3 Å². The third-order valence-electron chi connectivity index (χ3n) is 8.16. The number of carbonyl (C=O) groups is 2. The Morgan fingerprint density at radius 2 is 1.34 bits per heavy atom. The number of fused-ring (bicyclic) bond motifs is 1. The highest BCUT2D eigenvalue weighted by Crippen LogP contribution is 2.31. The van der Waals surface area contributed by atoms with Crippen molar-refractivity contribution in [1.29, 1.82) is 0 Å². The van der Waals surface area contributed by atoms with E-state index in [1.54, 1.807) is 11.8 Å². The van der Waals surface area contributed by atoms with Crippen molar-refractivity contribution in [3.63, 3.8) is 0 Å². The van der Waals surface area contributed by atoms with E-state index in [0.29, 0.717) is 38.3 Å². The number of imidazole rings is 1. The molecule has 9 heteroatoms. The number of amides is 1. The summed E-state index contributed by atoms with van der Waals surface area (Å²) in [6, 6.07) is 24.3. The van der Waals surface area contributed by atoms with Gasteiger partial charge in [0.15, 0.2) is 5.78 Å². The van der Waals surface area contributed by atoms with Crippen molar-refractivity contribution in [2.75, 3.05) is 26.2 Å². The lowest BCUT2D eigenvalue weighted by atomic mass is 10.0. The van der Waals surface area contributed by atoms with Crippen LogP contribution in [0, 0.1) is 6.92 Å². The van der Waals surface area contributed by atoms with Crippen molar-refractivity contribution in [3.05, 3.63) is 119 Å². The van der Waals surface area contributed by atoms with E-state index in [0.717, 1.165) is 51.4 Å². The summed E-state index contributed by atoms with van der Waals surface area (Å²) in [4.78, 5) is 33.8. The summed E-state index contributed by atoms with van der Waals surface area (Å²) < 4.78 is 41.0. The normalized spacial score (nSPS) is 14.2. The van der Waals surface area contributed by atoms with Crippen LogP contribution in [0.2, 0.25) is 0 Å². The van der Waals surface area contributed by atoms with E-state index in [9.17, 15) is 22.8 Å². The van der Waals surface area contributed by atoms with Crippen molar-refractivity contribution in [2.45, 2.75) is 26.6 Å². The van der Waals surface area contributed by atoms with Crippen LogP contribution >= 0.6 is 0 Å². The molecule has 2 aromatic heterocycles. The maximum atomic E-state index is 13.0. The van der Waals surface area contributed by atoms with Gasteiger partial charge in [-0.2, -0.15) is 13.2 Å². The third kappa shape index (κ3) is 6.01. The topological polar surface area (TPSA) is 57.9 Å². The van der Waals surface area contributed by atoms with Crippen LogP contribution in [0.5, 0.6) is 0 Å². The van der Waals surface area contributed by atoms with Crippen LogP contribution in [0.3, 0.4) is 0 Å². The first kappa shape index (κ1) is 29.3. The number of hydrogen-bond acceptors (Lipinski definition) is 4. The zero-order chi connectivity index (χ0) is 31.0. The molecule has 0 unspecified atom stereocenters. The van der Waals surface area contributed by atoms with E-state index in [1.807, 2.05) is 43.3 Å². The molecule has 224 valence electrons. The maximum absolute atomic E-state index is 13.0. The van der Waals surface area contributed by atoms with Gasteiger partial charge in [-0.1, -0.05) is 54.1 Å². The van der Waals surface area contributed by atoms with Crippen molar-refractivity contribution >= 4 is 17.3 Å². The van der Waals surface area contributed by atoms with Crippen molar-refractivity contribution in [3.8, 4) is 22.4 Å². The van der Waals surface area contributed by atoms with Gasteiger partial charge in [0.1, 0.15) is 5.65 Å². The number of piperazine rings is 1. The molecule has 0 N–H and O–H groups in total. The summed E-state index contributed by atoms with van der Waals surface area (Å²) in [6.45, 7) is 6.34. The second-order valence-electron chi connectivity index (χ2n) is 11.2. The van der Waals surface area contributed by atoms with Crippen LogP contribution in [0.4, 0.5) is 13.2 Å². The molecule has 1 amide bonds. The molecule has 0 atom stereocenters. The first-order valence-corrected chi connectivity index (χ1v) is 14.4. The van der Waals surface area contributed by atoms with Crippen molar-refractivity contribution < 1.29 is 22.8 Å². The Kier molecular flexibility index (Phi) is 7.82. The summed E-state index contributed by atoms with van der Waals surface area (Å²) in [6.07, 6.45) is -2.37. The van der Waals surface area contributed by atoms with Crippen LogP contribution in [-0.4, -0.2) is 57.1 Å². The van der Waals surface area contributed by atoms with E-state index >= 15 is 0 Å². The van der Waals surface area contributed by atoms with Crippen molar-refractivity contribution in [2.24, 2.45) is 0 Å². The number of aryl methyl sites for hydroxylation is 1. The van der Waals surface area contributed by atoms with Crippen LogP contribution in [-0.2, 0) is 12.7 Å². The number of alkyl halides is 3. The molecular formula is C35H31F3N4O2. The second kappa shape index (κ2) is 11.7. The predicted molar refractivity (Wildman–Crippen MR) is 163 cm³/mol. The zero-order valence-corrected chi connectivity index (χ0v) is 24.4. The molecule has 0 radical (unpaired) electrons. The standard InChI is InChI=1S/C35H31F3N4O2/c1-23-3-5-27(6-4-23)33-31(42-21-29(13-16-32(42)39-33)26-9-7-25(8-10-26)24(2)43)22-40-17-19-41(20-18-40)34(44)28-11-14-30(15-12-28)35(36,37)38/h3-16,21H,17-20,22H2,1-2H3. The Balaban J connectivity index is 1.25. The summed E-state index contributed by atoms with van der Waals surface area (Å²) in [5.74, 6) is -0.248. The summed E-state index contributed by atoms with van der Waals surface area (Å²) in [5, 5.41) is 0. The van der Waals surface area contributed by atoms with Gasteiger partial charge in [0.05, 0.1) is 17.0 Å². The summed E-state index contributed by atoms with van der Waals surface area (Å²) >= 11 is 0. The molecule has 0 aliphatic carbocycles. The van der Waals surface area contributed by atoms with Crippen LogP contribution in [0.15, 0.2) is 91.1 Å². The van der Waals surface area contributed by atoms with E-state index < -0.39 is 11.7 Å². The monoisotopic (exact) mass is 596 g/mol. The lowest BCUT2D eigenvalue weighted by Gasteiger charge is -2.34. The van der Waals surface area contributed by atoms with E-state index in [4.69, 9.17) is 4.98 Å². The van der Waals surface area contributed by atoms with Gasteiger partial charge in [0.2, 0.25) is 0 Å². The fourth-order valence-electron chi connectivity index (χ4n) is 5.56. The highest BCUT2D eigenvalue weighted by Gasteiger charge is 2.31. The van der Waals surface area contributed by atoms with Gasteiger partial charge in [-0.05, 0) is 61.4 Å². The SMILES string of the molecule is CC(=O)c1ccc(-c2ccc3nc(-c4ccc(C)cc4)c(CN4CCN(C(=O)c5ccc(C(F)(F)F)cc5)CC4)n3c2)cc1. The molecule has 44 heavy (non-hydrogen) atoms. The first-order chi connectivity index (χ1) is 21.1. The molecule has 6 rings (SSSR count). The fourth-order valence-corrected chi connectivity index (χ4v) is 5.56.